The summed E-state index contributed by atoms with van der Waals surface area (Å²) in [6.45, 7) is 3.22. The molecule has 0 aliphatic carbocycles. The molecular formula is C25H27N3O3. The third kappa shape index (κ3) is 5.80. The van der Waals surface area contributed by atoms with E-state index in [0.717, 1.165) is 29.5 Å². The zero-order chi connectivity index (χ0) is 22.1. The number of methoxy groups -OCH3 is 1. The van der Waals surface area contributed by atoms with Crippen LogP contribution >= 0.6 is 0 Å². The minimum Gasteiger partial charge on any atom is -0.475 e. The van der Waals surface area contributed by atoms with E-state index in [-0.39, 0.29) is 5.56 Å². The molecule has 160 valence electrons. The lowest BCUT2D eigenvalue weighted by Gasteiger charge is -2.15. The highest BCUT2D eigenvalue weighted by molar-refractivity contribution is 5.70. The molecule has 31 heavy (non-hydrogen) atoms. The second-order valence-electron chi connectivity index (χ2n) is 7.24. The Morgan fingerprint density at radius 3 is 2.61 bits per heavy atom. The Hall–Kier alpha value is -3.43. The lowest BCUT2D eigenvalue weighted by molar-refractivity contribution is 0.143. The van der Waals surface area contributed by atoms with Gasteiger partial charge in [0.15, 0.2) is 0 Å². The van der Waals surface area contributed by atoms with E-state index in [4.69, 9.17) is 9.47 Å². The summed E-state index contributed by atoms with van der Waals surface area (Å²) in [5.41, 5.74) is 3.17. The molecule has 3 rings (SSSR count). The van der Waals surface area contributed by atoms with Crippen molar-refractivity contribution in [3.63, 3.8) is 0 Å². The van der Waals surface area contributed by atoms with E-state index in [0.29, 0.717) is 43.4 Å². The van der Waals surface area contributed by atoms with E-state index < -0.39 is 0 Å². The number of hydrogen-bond acceptors (Lipinski definition) is 5. The SMILES string of the molecule is CCCCc1nc(OCCOC)cc(=O)n1Cc1ccc(-c2ccccc2)c(C#N)c1. The van der Waals surface area contributed by atoms with Crippen LogP contribution in [0.5, 0.6) is 5.88 Å². The molecule has 0 saturated heterocycles. The molecule has 0 aliphatic rings. The number of rotatable bonds is 10. The van der Waals surface area contributed by atoms with Gasteiger partial charge in [0.1, 0.15) is 12.4 Å². The highest BCUT2D eigenvalue weighted by Crippen LogP contribution is 2.24. The van der Waals surface area contributed by atoms with Crippen molar-refractivity contribution < 1.29 is 9.47 Å². The van der Waals surface area contributed by atoms with Crippen LogP contribution in [0.4, 0.5) is 0 Å². The summed E-state index contributed by atoms with van der Waals surface area (Å²) >= 11 is 0. The number of hydrogen-bond donors (Lipinski definition) is 0. The maximum absolute atomic E-state index is 12.9. The van der Waals surface area contributed by atoms with Gasteiger partial charge in [-0.05, 0) is 29.2 Å². The molecule has 0 N–H and O–H groups in total. The topological polar surface area (TPSA) is 77.1 Å². The van der Waals surface area contributed by atoms with E-state index in [9.17, 15) is 10.1 Å². The van der Waals surface area contributed by atoms with Gasteiger partial charge < -0.3 is 9.47 Å². The Morgan fingerprint density at radius 1 is 1.10 bits per heavy atom. The van der Waals surface area contributed by atoms with Gasteiger partial charge >= 0.3 is 0 Å². The molecule has 0 amide bonds. The van der Waals surface area contributed by atoms with Crippen LogP contribution in [0.25, 0.3) is 11.1 Å². The molecule has 0 spiro atoms. The number of nitriles is 1. The van der Waals surface area contributed by atoms with Gasteiger partial charge in [-0.2, -0.15) is 10.2 Å². The summed E-state index contributed by atoms with van der Waals surface area (Å²) in [5.74, 6) is 1.01. The first-order valence-electron chi connectivity index (χ1n) is 10.5. The summed E-state index contributed by atoms with van der Waals surface area (Å²) in [6, 6.07) is 19.3. The highest BCUT2D eigenvalue weighted by atomic mass is 16.5. The fraction of sp³-hybridized carbons (Fsp3) is 0.320. The summed E-state index contributed by atoms with van der Waals surface area (Å²) in [5, 5.41) is 9.68. The largest absolute Gasteiger partial charge is 0.475 e. The molecule has 2 aromatic carbocycles. The van der Waals surface area contributed by atoms with Gasteiger partial charge in [-0.25, -0.2) is 0 Å². The van der Waals surface area contributed by atoms with E-state index in [1.165, 1.54) is 6.07 Å². The summed E-state index contributed by atoms with van der Waals surface area (Å²) in [4.78, 5) is 17.4. The predicted molar refractivity (Wildman–Crippen MR) is 120 cm³/mol. The highest BCUT2D eigenvalue weighted by Gasteiger charge is 2.12. The minimum absolute atomic E-state index is 0.167. The van der Waals surface area contributed by atoms with Crippen molar-refractivity contribution in [2.45, 2.75) is 32.7 Å². The van der Waals surface area contributed by atoms with Gasteiger partial charge in [0.05, 0.1) is 30.9 Å². The summed E-state index contributed by atoms with van der Waals surface area (Å²) in [6.07, 6.45) is 2.60. The van der Waals surface area contributed by atoms with Crippen molar-refractivity contribution in [1.82, 2.24) is 9.55 Å². The van der Waals surface area contributed by atoms with Crippen LogP contribution < -0.4 is 10.3 Å². The molecule has 0 bridgehead atoms. The third-order valence-electron chi connectivity index (χ3n) is 4.99. The molecule has 0 atom stereocenters. The minimum atomic E-state index is -0.167. The monoisotopic (exact) mass is 417 g/mol. The molecule has 0 fully saturated rings. The third-order valence-corrected chi connectivity index (χ3v) is 4.99. The van der Waals surface area contributed by atoms with Crippen LogP contribution in [0, 0.1) is 11.3 Å². The molecule has 0 radical (unpaired) electrons. The second-order valence-corrected chi connectivity index (χ2v) is 7.24. The molecule has 1 heterocycles. The van der Waals surface area contributed by atoms with Crippen molar-refractivity contribution >= 4 is 0 Å². The number of ether oxygens (including phenoxy) is 2. The van der Waals surface area contributed by atoms with Crippen LogP contribution in [0.2, 0.25) is 0 Å². The lowest BCUT2D eigenvalue weighted by Crippen LogP contribution is -2.26. The van der Waals surface area contributed by atoms with Crippen LogP contribution in [0.3, 0.4) is 0 Å². The number of aromatic nitrogens is 2. The second kappa shape index (κ2) is 11.1. The maximum Gasteiger partial charge on any atom is 0.257 e. The summed E-state index contributed by atoms with van der Waals surface area (Å²) in [7, 11) is 1.60. The fourth-order valence-corrected chi connectivity index (χ4v) is 3.36. The van der Waals surface area contributed by atoms with E-state index in [1.807, 2.05) is 48.5 Å². The first-order valence-corrected chi connectivity index (χ1v) is 10.5. The molecule has 6 heteroatoms. The van der Waals surface area contributed by atoms with Crippen LogP contribution in [-0.2, 0) is 17.7 Å². The molecule has 1 aromatic heterocycles. The van der Waals surface area contributed by atoms with Gasteiger partial charge in [0.2, 0.25) is 5.88 Å². The van der Waals surface area contributed by atoms with Crippen LogP contribution in [0.15, 0.2) is 59.4 Å². The standard InChI is InChI=1S/C25H27N3O3/c1-3-4-10-23-27-24(31-14-13-30-2)16-25(29)28(23)18-19-11-12-22(21(15-19)17-26)20-8-6-5-7-9-20/h5-9,11-12,15-16H,3-4,10,13-14,18H2,1-2H3. The van der Waals surface area contributed by atoms with Gasteiger partial charge in [-0.3, -0.25) is 9.36 Å². The lowest BCUT2D eigenvalue weighted by atomic mass is 9.98. The smallest absolute Gasteiger partial charge is 0.257 e. The Kier molecular flexibility index (Phi) is 7.97. The van der Waals surface area contributed by atoms with Crippen molar-refractivity contribution in [1.29, 1.82) is 5.26 Å². The Morgan fingerprint density at radius 2 is 1.90 bits per heavy atom. The number of benzene rings is 2. The van der Waals surface area contributed by atoms with Crippen LogP contribution in [-0.4, -0.2) is 29.9 Å². The Labute approximate surface area is 182 Å². The van der Waals surface area contributed by atoms with Crippen molar-refractivity contribution in [2.75, 3.05) is 20.3 Å². The Balaban J connectivity index is 1.92. The molecule has 6 nitrogen and oxygen atoms in total. The zero-order valence-corrected chi connectivity index (χ0v) is 18.0. The predicted octanol–water partition coefficient (Wildman–Crippen LogP) is 4.20. The first kappa shape index (κ1) is 22.3. The van der Waals surface area contributed by atoms with Gasteiger partial charge in [-0.15, -0.1) is 0 Å². The summed E-state index contributed by atoms with van der Waals surface area (Å²) < 4.78 is 12.2. The van der Waals surface area contributed by atoms with E-state index in [2.05, 4.69) is 18.0 Å². The van der Waals surface area contributed by atoms with Gasteiger partial charge in [0.25, 0.3) is 5.56 Å². The quantitative estimate of drug-likeness (QED) is 0.462. The van der Waals surface area contributed by atoms with Gasteiger partial charge in [0, 0.05) is 13.5 Å². The van der Waals surface area contributed by atoms with Crippen LogP contribution in [0.1, 0.15) is 36.7 Å². The molecule has 0 aliphatic heterocycles. The normalized spacial score (nSPS) is 10.6. The fourth-order valence-electron chi connectivity index (χ4n) is 3.36. The zero-order valence-electron chi connectivity index (χ0n) is 18.0. The average molecular weight is 418 g/mol. The van der Waals surface area contributed by atoms with E-state index >= 15 is 0 Å². The van der Waals surface area contributed by atoms with Crippen molar-refractivity contribution in [3.05, 3.63) is 81.9 Å². The number of nitrogens with zero attached hydrogens (tertiary/aromatic N) is 3. The van der Waals surface area contributed by atoms with Gasteiger partial charge in [-0.1, -0.05) is 55.8 Å². The van der Waals surface area contributed by atoms with Crippen molar-refractivity contribution in [2.24, 2.45) is 0 Å². The number of unbranched alkanes of at least 4 members (excludes halogenated alkanes) is 1. The van der Waals surface area contributed by atoms with E-state index in [1.54, 1.807) is 11.7 Å². The molecule has 0 unspecified atom stereocenters. The maximum atomic E-state index is 12.9. The Bertz CT molecular complexity index is 1100. The first-order chi connectivity index (χ1) is 15.2. The van der Waals surface area contributed by atoms with Crippen molar-refractivity contribution in [3.8, 4) is 23.1 Å². The molecule has 3 aromatic rings. The molecule has 0 saturated carbocycles. The average Bonchev–Trinajstić information content (AvgIpc) is 2.80. The number of aryl methyl sites for hydroxylation is 1. The molecular weight excluding hydrogens is 390 g/mol.